The van der Waals surface area contributed by atoms with Gasteiger partial charge in [-0.05, 0) is 64.9 Å². The van der Waals surface area contributed by atoms with Gasteiger partial charge in [0.05, 0.1) is 11.0 Å². The number of para-hydroxylation sites is 2. The highest BCUT2D eigenvalue weighted by molar-refractivity contribution is 14.0. The van der Waals surface area contributed by atoms with E-state index in [9.17, 15) is 0 Å². The minimum Gasteiger partial charge on any atom is -0.357 e. The normalized spacial score (nSPS) is 12.8. The van der Waals surface area contributed by atoms with Crippen molar-refractivity contribution in [3.63, 3.8) is 0 Å². The smallest absolute Gasteiger partial charge is 0.191 e. The molecule has 0 fully saturated rings. The van der Waals surface area contributed by atoms with Crippen molar-refractivity contribution in [1.29, 1.82) is 0 Å². The lowest BCUT2D eigenvalue weighted by Crippen LogP contribution is -2.42. The van der Waals surface area contributed by atoms with Crippen molar-refractivity contribution in [2.45, 2.75) is 59.4 Å². The molecule has 0 aliphatic heterocycles. The molecule has 0 saturated heterocycles. The Morgan fingerprint density at radius 1 is 1.17 bits per heavy atom. The highest BCUT2D eigenvalue weighted by atomic mass is 127. The SMILES string of the molecule is CCNC(=NCCCc1nc2ccccc2[nH]1)NC(C)CCCN(CC)CC.I. The Hall–Kier alpha value is -1.35. The number of hydrogen-bond donors (Lipinski definition) is 3. The number of benzene rings is 1. The number of H-pyrrole nitrogens is 1. The van der Waals surface area contributed by atoms with E-state index >= 15 is 0 Å². The van der Waals surface area contributed by atoms with E-state index in [1.54, 1.807) is 0 Å². The first-order valence-corrected chi connectivity index (χ1v) is 10.9. The summed E-state index contributed by atoms with van der Waals surface area (Å²) in [7, 11) is 0. The van der Waals surface area contributed by atoms with E-state index in [0.717, 1.165) is 68.3 Å². The Morgan fingerprint density at radius 3 is 2.62 bits per heavy atom. The summed E-state index contributed by atoms with van der Waals surface area (Å²) in [6.45, 7) is 13.9. The second-order valence-corrected chi connectivity index (χ2v) is 7.28. The third-order valence-electron chi connectivity index (χ3n) is 5.01. The van der Waals surface area contributed by atoms with Crippen molar-refractivity contribution >= 4 is 41.0 Å². The summed E-state index contributed by atoms with van der Waals surface area (Å²) in [5.41, 5.74) is 2.14. The lowest BCUT2D eigenvalue weighted by atomic mass is 10.2. The molecule has 0 amide bonds. The van der Waals surface area contributed by atoms with Crippen LogP contribution < -0.4 is 10.6 Å². The number of halogens is 1. The summed E-state index contributed by atoms with van der Waals surface area (Å²) in [4.78, 5) is 15.2. The standard InChI is InChI=1S/C22H38N6.HI/c1-5-23-22(25-18(4)12-11-17-28(6-2)7-3)24-16-10-15-21-26-19-13-8-9-14-20(19)27-21;/h8-9,13-14,18H,5-7,10-12,15-17H2,1-4H3,(H,26,27)(H2,23,24,25);1H. The molecule has 0 aliphatic rings. The van der Waals surface area contributed by atoms with Crippen molar-refractivity contribution in [2.24, 2.45) is 4.99 Å². The van der Waals surface area contributed by atoms with Crippen LogP contribution in [0, 0.1) is 0 Å². The number of rotatable bonds is 12. The van der Waals surface area contributed by atoms with E-state index in [2.05, 4.69) is 59.3 Å². The summed E-state index contributed by atoms with van der Waals surface area (Å²) >= 11 is 0. The van der Waals surface area contributed by atoms with E-state index in [1.165, 1.54) is 13.0 Å². The molecule has 29 heavy (non-hydrogen) atoms. The van der Waals surface area contributed by atoms with Crippen LogP contribution in [0.4, 0.5) is 0 Å². The number of aromatic nitrogens is 2. The molecule has 1 atom stereocenters. The predicted molar refractivity (Wildman–Crippen MR) is 135 cm³/mol. The van der Waals surface area contributed by atoms with Gasteiger partial charge in [0.2, 0.25) is 0 Å². The van der Waals surface area contributed by atoms with Gasteiger partial charge in [0.15, 0.2) is 5.96 Å². The molecule has 0 bridgehead atoms. The molecule has 0 aliphatic carbocycles. The van der Waals surface area contributed by atoms with E-state index in [1.807, 2.05) is 18.2 Å². The van der Waals surface area contributed by atoms with E-state index in [-0.39, 0.29) is 24.0 Å². The van der Waals surface area contributed by atoms with Crippen LogP contribution in [0.1, 0.15) is 52.8 Å². The second kappa shape index (κ2) is 14.6. The van der Waals surface area contributed by atoms with Crippen LogP contribution >= 0.6 is 24.0 Å². The van der Waals surface area contributed by atoms with Crippen LogP contribution in [-0.4, -0.2) is 59.6 Å². The van der Waals surface area contributed by atoms with Crippen molar-refractivity contribution in [1.82, 2.24) is 25.5 Å². The number of nitrogens with one attached hydrogen (secondary N) is 3. The maximum absolute atomic E-state index is 4.74. The molecule has 0 spiro atoms. The average Bonchev–Trinajstić information content (AvgIpc) is 3.11. The lowest BCUT2D eigenvalue weighted by molar-refractivity contribution is 0.292. The van der Waals surface area contributed by atoms with Crippen LogP contribution in [-0.2, 0) is 6.42 Å². The zero-order valence-corrected chi connectivity index (χ0v) is 20.8. The molecule has 2 aromatic rings. The summed E-state index contributed by atoms with van der Waals surface area (Å²) in [6.07, 6.45) is 4.25. The third-order valence-corrected chi connectivity index (χ3v) is 5.01. The van der Waals surface area contributed by atoms with Gasteiger partial charge in [-0.2, -0.15) is 0 Å². The number of hydrogen-bond acceptors (Lipinski definition) is 3. The molecular weight excluding hydrogens is 475 g/mol. The fourth-order valence-electron chi connectivity index (χ4n) is 3.35. The second-order valence-electron chi connectivity index (χ2n) is 7.28. The van der Waals surface area contributed by atoms with Crippen molar-refractivity contribution in [3.8, 4) is 0 Å². The van der Waals surface area contributed by atoms with Crippen molar-refractivity contribution < 1.29 is 0 Å². The molecule has 6 nitrogen and oxygen atoms in total. The Bertz CT molecular complexity index is 677. The Morgan fingerprint density at radius 2 is 1.93 bits per heavy atom. The van der Waals surface area contributed by atoms with E-state index < -0.39 is 0 Å². The summed E-state index contributed by atoms with van der Waals surface area (Å²) in [5, 5.41) is 6.91. The van der Waals surface area contributed by atoms with Gasteiger partial charge in [0, 0.05) is 25.6 Å². The highest BCUT2D eigenvalue weighted by Crippen LogP contribution is 2.11. The maximum atomic E-state index is 4.74. The van der Waals surface area contributed by atoms with Crippen LogP contribution in [0.15, 0.2) is 29.3 Å². The monoisotopic (exact) mass is 514 g/mol. The summed E-state index contributed by atoms with van der Waals surface area (Å²) in [5.74, 6) is 1.96. The van der Waals surface area contributed by atoms with Gasteiger partial charge in [-0.15, -0.1) is 24.0 Å². The molecule has 1 aromatic carbocycles. The molecule has 3 N–H and O–H groups in total. The molecule has 1 aromatic heterocycles. The molecule has 2 rings (SSSR count). The first-order chi connectivity index (χ1) is 13.7. The average molecular weight is 515 g/mol. The number of aromatic amines is 1. The highest BCUT2D eigenvalue weighted by Gasteiger charge is 2.07. The number of nitrogens with zero attached hydrogens (tertiary/aromatic N) is 3. The first-order valence-electron chi connectivity index (χ1n) is 10.9. The zero-order valence-electron chi connectivity index (χ0n) is 18.5. The fourth-order valence-corrected chi connectivity index (χ4v) is 3.35. The lowest BCUT2D eigenvalue weighted by Gasteiger charge is -2.21. The number of imidazole rings is 1. The van der Waals surface area contributed by atoms with Crippen LogP contribution in [0.3, 0.4) is 0 Å². The number of guanidine groups is 1. The summed E-state index contributed by atoms with van der Waals surface area (Å²) < 4.78 is 0. The summed E-state index contributed by atoms with van der Waals surface area (Å²) in [6, 6.07) is 8.59. The van der Waals surface area contributed by atoms with Crippen LogP contribution in [0.2, 0.25) is 0 Å². The number of aryl methyl sites for hydroxylation is 1. The third kappa shape index (κ3) is 9.33. The molecule has 1 unspecified atom stereocenters. The number of fused-ring (bicyclic) bond motifs is 1. The Labute approximate surface area is 193 Å². The van der Waals surface area contributed by atoms with E-state index in [0.29, 0.717) is 6.04 Å². The van der Waals surface area contributed by atoms with Gasteiger partial charge < -0.3 is 20.5 Å². The number of aliphatic imine (C=N–C) groups is 1. The maximum Gasteiger partial charge on any atom is 0.191 e. The van der Waals surface area contributed by atoms with E-state index in [4.69, 9.17) is 4.99 Å². The minimum atomic E-state index is 0. The van der Waals surface area contributed by atoms with Crippen molar-refractivity contribution in [2.75, 3.05) is 32.7 Å². The Kier molecular flexibility index (Phi) is 12.9. The van der Waals surface area contributed by atoms with Crippen LogP contribution in [0.25, 0.3) is 11.0 Å². The van der Waals surface area contributed by atoms with Gasteiger partial charge in [0.25, 0.3) is 0 Å². The van der Waals surface area contributed by atoms with Gasteiger partial charge >= 0.3 is 0 Å². The topological polar surface area (TPSA) is 68.3 Å². The Balaban J connectivity index is 0.00000420. The zero-order chi connectivity index (χ0) is 20.2. The molecule has 0 radical (unpaired) electrons. The molecular formula is C22H39IN6. The van der Waals surface area contributed by atoms with Gasteiger partial charge in [-0.3, -0.25) is 4.99 Å². The predicted octanol–water partition coefficient (Wildman–Crippen LogP) is 4.18. The largest absolute Gasteiger partial charge is 0.357 e. The minimum absolute atomic E-state index is 0. The quantitative estimate of drug-likeness (QED) is 0.172. The molecule has 0 saturated carbocycles. The molecule has 164 valence electrons. The van der Waals surface area contributed by atoms with Gasteiger partial charge in [-0.1, -0.05) is 26.0 Å². The van der Waals surface area contributed by atoms with Gasteiger partial charge in [-0.25, -0.2) is 4.98 Å². The molecule has 1 heterocycles. The van der Waals surface area contributed by atoms with Crippen molar-refractivity contribution in [3.05, 3.63) is 30.1 Å². The van der Waals surface area contributed by atoms with Gasteiger partial charge in [0.1, 0.15) is 5.82 Å². The van der Waals surface area contributed by atoms with Crippen LogP contribution in [0.5, 0.6) is 0 Å². The fraction of sp³-hybridized carbons (Fsp3) is 0.636. The first kappa shape index (κ1) is 25.7. The molecule has 7 heteroatoms.